The summed E-state index contributed by atoms with van der Waals surface area (Å²) in [6.07, 6.45) is 2.68. The number of nitrogens with one attached hydrogen (secondary N) is 2. The monoisotopic (exact) mass is 428 g/mol. The quantitative estimate of drug-likeness (QED) is 0.363. The molecule has 0 saturated carbocycles. The second-order valence-corrected chi connectivity index (χ2v) is 8.71. The summed E-state index contributed by atoms with van der Waals surface area (Å²) >= 11 is 0. The maximum atomic E-state index is 11.9. The molecule has 0 spiro atoms. The molecule has 1 aromatic carbocycles. The average molecular weight is 429 g/mol. The molecule has 31 heavy (non-hydrogen) atoms. The van der Waals surface area contributed by atoms with Crippen LogP contribution < -0.4 is 15.5 Å². The predicted molar refractivity (Wildman–Crippen MR) is 125 cm³/mol. The highest BCUT2D eigenvalue weighted by atomic mass is 16.4. The van der Waals surface area contributed by atoms with Gasteiger partial charge in [0.1, 0.15) is 12.3 Å². The van der Waals surface area contributed by atoms with E-state index in [0.29, 0.717) is 18.4 Å². The van der Waals surface area contributed by atoms with Crippen LogP contribution in [0.25, 0.3) is 0 Å². The number of anilines is 1. The Labute approximate surface area is 185 Å². The van der Waals surface area contributed by atoms with Crippen LogP contribution in [0.2, 0.25) is 0 Å². The van der Waals surface area contributed by atoms with Crippen LogP contribution >= 0.6 is 0 Å². The van der Waals surface area contributed by atoms with Gasteiger partial charge in [-0.05, 0) is 18.6 Å². The third-order valence-corrected chi connectivity index (χ3v) is 4.73. The van der Waals surface area contributed by atoms with Gasteiger partial charge < -0.3 is 24.9 Å². The number of benzene rings is 1. The highest BCUT2D eigenvalue weighted by Gasteiger charge is 2.19. The number of amides is 1. The third kappa shape index (κ3) is 8.32. The Bertz CT molecular complexity index is 839. The summed E-state index contributed by atoms with van der Waals surface area (Å²) in [5, 5.41) is 6.51. The number of oxazole rings is 1. The molecule has 170 valence electrons. The van der Waals surface area contributed by atoms with Crippen molar-refractivity contribution in [2.45, 2.75) is 39.2 Å². The molecule has 0 radical (unpaired) electrons. The molecule has 0 atom stereocenters. The Balaban J connectivity index is 1.89. The van der Waals surface area contributed by atoms with E-state index < -0.39 is 0 Å². The largest absolute Gasteiger partial charge is 0.443 e. The second-order valence-electron chi connectivity index (χ2n) is 8.71. The third-order valence-electron chi connectivity index (χ3n) is 4.73. The van der Waals surface area contributed by atoms with Gasteiger partial charge in [-0.15, -0.1) is 0 Å². The van der Waals surface area contributed by atoms with E-state index in [1.807, 2.05) is 18.2 Å². The van der Waals surface area contributed by atoms with Crippen LogP contribution in [0, 0.1) is 0 Å². The summed E-state index contributed by atoms with van der Waals surface area (Å²) in [6, 6.07) is 10.3. The molecule has 0 saturated heterocycles. The molecule has 0 aliphatic rings. The lowest BCUT2D eigenvalue weighted by molar-refractivity contribution is -0.127. The van der Waals surface area contributed by atoms with Crippen LogP contribution in [0.1, 0.15) is 38.8 Å². The Morgan fingerprint density at radius 2 is 1.84 bits per heavy atom. The standard InChI is InChI=1S/C23H36N6O2/c1-23(2,3)19-15-25-20(31-19)16-26-22(27-17-21(30)28(4)5)24-13-10-14-29(6)18-11-8-7-9-12-18/h7-9,11-12,15H,10,13-14,16-17H2,1-6H3,(H2,24,26,27). The van der Waals surface area contributed by atoms with Crippen molar-refractivity contribution >= 4 is 17.6 Å². The van der Waals surface area contributed by atoms with Crippen LogP contribution in [0.4, 0.5) is 5.69 Å². The number of carbonyl (C=O) groups excluding carboxylic acids is 1. The first-order chi connectivity index (χ1) is 14.7. The smallest absolute Gasteiger partial charge is 0.243 e. The number of para-hydroxylation sites is 1. The van der Waals surface area contributed by atoms with Crippen molar-refractivity contribution < 1.29 is 9.21 Å². The zero-order chi connectivity index (χ0) is 22.9. The Morgan fingerprint density at radius 3 is 2.45 bits per heavy atom. The van der Waals surface area contributed by atoms with Gasteiger partial charge >= 0.3 is 0 Å². The number of rotatable bonds is 9. The lowest BCUT2D eigenvalue weighted by atomic mass is 9.94. The molecule has 8 heteroatoms. The fourth-order valence-electron chi connectivity index (χ4n) is 2.70. The van der Waals surface area contributed by atoms with E-state index in [-0.39, 0.29) is 17.9 Å². The zero-order valence-electron chi connectivity index (χ0n) is 19.6. The van der Waals surface area contributed by atoms with Crippen LogP contribution in [0.3, 0.4) is 0 Å². The lowest BCUT2D eigenvalue weighted by Crippen LogP contribution is -2.39. The number of hydrogen-bond acceptors (Lipinski definition) is 5. The summed E-state index contributed by atoms with van der Waals surface area (Å²) < 4.78 is 5.83. The van der Waals surface area contributed by atoms with Gasteiger partial charge in [0.05, 0.1) is 12.7 Å². The summed E-state index contributed by atoms with van der Waals surface area (Å²) in [7, 11) is 5.52. The number of hydrogen-bond donors (Lipinski definition) is 2. The molecule has 2 N–H and O–H groups in total. The Hall–Kier alpha value is -3.03. The van der Waals surface area contributed by atoms with Crippen LogP contribution in [0.5, 0.6) is 0 Å². The number of guanidine groups is 1. The molecule has 0 unspecified atom stereocenters. The summed E-state index contributed by atoms with van der Waals surface area (Å²) in [6.45, 7) is 8.33. The van der Waals surface area contributed by atoms with Crippen molar-refractivity contribution in [2.24, 2.45) is 4.99 Å². The first-order valence-electron chi connectivity index (χ1n) is 10.6. The molecular weight excluding hydrogens is 392 g/mol. The van der Waals surface area contributed by atoms with Gasteiger partial charge in [0.2, 0.25) is 11.8 Å². The number of aromatic nitrogens is 1. The van der Waals surface area contributed by atoms with E-state index in [4.69, 9.17) is 4.42 Å². The first-order valence-corrected chi connectivity index (χ1v) is 10.6. The minimum atomic E-state index is -0.0939. The van der Waals surface area contributed by atoms with Gasteiger partial charge in [-0.3, -0.25) is 4.79 Å². The molecule has 2 aromatic rings. The summed E-state index contributed by atoms with van der Waals surface area (Å²) in [5.74, 6) is 1.92. The average Bonchev–Trinajstić information content (AvgIpc) is 3.22. The molecule has 0 aliphatic heterocycles. The molecule has 8 nitrogen and oxygen atoms in total. The molecule has 2 rings (SSSR count). The highest BCUT2D eigenvalue weighted by Crippen LogP contribution is 2.22. The first kappa shape index (κ1) is 24.2. The molecule has 1 heterocycles. The number of nitrogens with zero attached hydrogens (tertiary/aromatic N) is 4. The molecule has 1 aromatic heterocycles. The fraction of sp³-hybridized carbons (Fsp3) is 0.522. The topological polar surface area (TPSA) is 86.0 Å². The van der Waals surface area contributed by atoms with Crippen molar-refractivity contribution in [1.29, 1.82) is 0 Å². The number of likely N-dealkylation sites (N-methyl/N-ethyl adjacent to an activating group) is 1. The summed E-state index contributed by atoms with van der Waals surface area (Å²) in [4.78, 5) is 24.4. The Kier molecular flexibility index (Phi) is 8.90. The van der Waals surface area contributed by atoms with Gasteiger partial charge in [0.15, 0.2) is 5.96 Å². The van der Waals surface area contributed by atoms with Crippen molar-refractivity contribution in [1.82, 2.24) is 20.5 Å². The second kappa shape index (κ2) is 11.4. The molecule has 0 bridgehead atoms. The maximum absolute atomic E-state index is 11.9. The molecule has 0 fully saturated rings. The van der Waals surface area contributed by atoms with Crippen LogP contribution in [0.15, 0.2) is 45.9 Å². The minimum absolute atomic E-state index is 0.0592. The van der Waals surface area contributed by atoms with E-state index in [1.54, 1.807) is 20.3 Å². The van der Waals surface area contributed by atoms with Crippen LogP contribution in [-0.2, 0) is 16.8 Å². The molecule has 0 aliphatic carbocycles. The Morgan fingerprint density at radius 1 is 1.13 bits per heavy atom. The van der Waals surface area contributed by atoms with Gasteiger partial charge in [-0.25, -0.2) is 9.98 Å². The molecular formula is C23H36N6O2. The van der Waals surface area contributed by atoms with E-state index in [1.165, 1.54) is 10.6 Å². The SMILES string of the molecule is CN(C)C(=O)CN=C(NCCCN(C)c1ccccc1)NCc1ncc(C(C)(C)C)o1. The van der Waals surface area contributed by atoms with Crippen molar-refractivity contribution in [2.75, 3.05) is 45.7 Å². The normalized spacial score (nSPS) is 11.9. The van der Waals surface area contributed by atoms with E-state index >= 15 is 0 Å². The lowest BCUT2D eigenvalue weighted by Gasteiger charge is -2.19. The maximum Gasteiger partial charge on any atom is 0.243 e. The van der Waals surface area contributed by atoms with Gasteiger partial charge in [-0.1, -0.05) is 39.0 Å². The highest BCUT2D eigenvalue weighted by molar-refractivity contribution is 5.84. The number of aliphatic imine (C=N–C) groups is 1. The van der Waals surface area contributed by atoms with E-state index in [0.717, 1.165) is 25.3 Å². The fourth-order valence-corrected chi connectivity index (χ4v) is 2.70. The van der Waals surface area contributed by atoms with Gasteiger partial charge in [0.25, 0.3) is 0 Å². The predicted octanol–water partition coefficient (Wildman–Crippen LogP) is 2.62. The minimum Gasteiger partial charge on any atom is -0.443 e. The number of carbonyl (C=O) groups is 1. The van der Waals surface area contributed by atoms with Crippen molar-refractivity contribution in [3.05, 3.63) is 48.2 Å². The summed E-state index contributed by atoms with van der Waals surface area (Å²) in [5.41, 5.74) is 1.09. The van der Waals surface area contributed by atoms with E-state index in [9.17, 15) is 4.79 Å². The zero-order valence-corrected chi connectivity index (χ0v) is 19.6. The molecule has 1 amide bonds. The van der Waals surface area contributed by atoms with Gasteiger partial charge in [0, 0.05) is 45.3 Å². The van der Waals surface area contributed by atoms with Gasteiger partial charge in [-0.2, -0.15) is 0 Å². The van der Waals surface area contributed by atoms with Crippen molar-refractivity contribution in [3.8, 4) is 0 Å². The van der Waals surface area contributed by atoms with Crippen LogP contribution in [-0.4, -0.2) is 62.5 Å². The van der Waals surface area contributed by atoms with Crippen molar-refractivity contribution in [3.63, 3.8) is 0 Å². The van der Waals surface area contributed by atoms with E-state index in [2.05, 4.69) is 65.5 Å².